The molecule has 0 aliphatic heterocycles. The van der Waals surface area contributed by atoms with Gasteiger partial charge in [-0.3, -0.25) is 4.68 Å². The van der Waals surface area contributed by atoms with E-state index >= 15 is 0 Å². The minimum atomic E-state index is -1.20. The van der Waals surface area contributed by atoms with E-state index < -0.39 is 17.9 Å². The number of aromatic carboxylic acids is 1. The number of nitrogens with two attached hydrogens (primary N) is 1. The van der Waals surface area contributed by atoms with Crippen molar-refractivity contribution < 1.29 is 19.0 Å². The minimum Gasteiger partial charge on any atom is -0.482 e. The summed E-state index contributed by atoms with van der Waals surface area (Å²) in [5.41, 5.74) is 8.18. The highest BCUT2D eigenvalue weighted by Crippen LogP contribution is 2.34. The van der Waals surface area contributed by atoms with Crippen LogP contribution < -0.4 is 15.8 Å². The largest absolute Gasteiger partial charge is 0.482 e. The number of anilines is 1. The Kier molecular flexibility index (Phi) is 7.75. The predicted octanol–water partition coefficient (Wildman–Crippen LogP) is 3.05. The van der Waals surface area contributed by atoms with E-state index in [4.69, 9.17) is 10.5 Å². The number of halogens is 2. The van der Waals surface area contributed by atoms with E-state index in [-0.39, 0.29) is 35.1 Å². The van der Waals surface area contributed by atoms with Gasteiger partial charge in [-0.25, -0.2) is 14.2 Å². The highest BCUT2D eigenvalue weighted by molar-refractivity contribution is 5.89. The van der Waals surface area contributed by atoms with Gasteiger partial charge in [-0.1, -0.05) is 0 Å². The molecule has 0 saturated heterocycles. The summed E-state index contributed by atoms with van der Waals surface area (Å²) in [6, 6.07) is 7.11. The number of nitrogens with one attached hydrogen (secondary N) is 1. The molecule has 9 nitrogen and oxygen atoms in total. The summed E-state index contributed by atoms with van der Waals surface area (Å²) in [7, 11) is 3.43. The van der Waals surface area contributed by atoms with Gasteiger partial charge in [0.25, 0.3) is 0 Å². The summed E-state index contributed by atoms with van der Waals surface area (Å²) in [5, 5.41) is 26.4. The van der Waals surface area contributed by atoms with Crippen LogP contribution in [0, 0.1) is 17.1 Å². The topological polar surface area (TPSA) is 139 Å². The number of aryl methyl sites for hydroxylation is 1. The smallest absolute Gasteiger partial charge is 0.336 e. The average molecular weight is 461 g/mol. The highest BCUT2D eigenvalue weighted by atomic mass is 35.5. The number of aromatic nitrogens is 3. The lowest BCUT2D eigenvalue weighted by Crippen LogP contribution is -2.12. The summed E-state index contributed by atoms with van der Waals surface area (Å²) in [6.45, 7) is 2.01. The van der Waals surface area contributed by atoms with E-state index in [2.05, 4.69) is 21.5 Å². The summed E-state index contributed by atoms with van der Waals surface area (Å²) in [4.78, 5) is 15.7. The maximum atomic E-state index is 13.7. The fraction of sp³-hybridized carbons (Fsp3) is 0.238. The standard InChI is InChI=1S/C21H21FN6O3.ClH/c1-11(15-7-13(22)4-5-14(15)21(29)30)31-18-6-12(9-26-20(18)24)19-16(10-25-2)27-28(3)17(19)8-23;/h4-7,9,11,25H,10H2,1-3H3,(H2,24,26)(H,29,30);1H/t11-;/m1./s1. The zero-order valence-electron chi connectivity index (χ0n) is 17.6. The second-order valence-electron chi connectivity index (χ2n) is 6.84. The Morgan fingerprint density at radius 3 is 2.78 bits per heavy atom. The first kappa shape index (κ1) is 24.6. The molecule has 2 aromatic heterocycles. The molecule has 0 fully saturated rings. The molecule has 0 aliphatic rings. The van der Waals surface area contributed by atoms with Crippen LogP contribution >= 0.6 is 12.4 Å². The van der Waals surface area contributed by atoms with Gasteiger partial charge >= 0.3 is 5.97 Å². The Hall–Kier alpha value is -3.68. The molecule has 168 valence electrons. The van der Waals surface area contributed by atoms with E-state index in [0.29, 0.717) is 29.1 Å². The first-order chi connectivity index (χ1) is 14.8. The van der Waals surface area contributed by atoms with Crippen LogP contribution in [0.25, 0.3) is 11.1 Å². The molecular formula is C21H22ClFN6O3. The van der Waals surface area contributed by atoms with Crippen LogP contribution in [0.2, 0.25) is 0 Å². The van der Waals surface area contributed by atoms with Crippen LogP contribution in [-0.2, 0) is 13.6 Å². The SMILES string of the molecule is CNCc1nn(C)c(C#N)c1-c1cnc(N)c(O[C@H](C)c2cc(F)ccc2C(=O)O)c1.Cl. The Balaban J connectivity index is 0.00000363. The molecule has 0 spiro atoms. The van der Waals surface area contributed by atoms with Gasteiger partial charge < -0.3 is 20.9 Å². The van der Waals surface area contributed by atoms with E-state index in [1.165, 1.54) is 16.9 Å². The second-order valence-corrected chi connectivity index (χ2v) is 6.84. The Morgan fingerprint density at radius 2 is 2.16 bits per heavy atom. The van der Waals surface area contributed by atoms with Crippen molar-refractivity contribution in [1.82, 2.24) is 20.1 Å². The minimum absolute atomic E-state index is 0. The number of ether oxygens (including phenoxy) is 1. The molecule has 1 atom stereocenters. The van der Waals surface area contributed by atoms with Crippen molar-refractivity contribution in [3.8, 4) is 22.9 Å². The summed E-state index contributed by atoms with van der Waals surface area (Å²) >= 11 is 0. The van der Waals surface area contributed by atoms with E-state index in [9.17, 15) is 19.6 Å². The molecule has 0 amide bonds. The van der Waals surface area contributed by atoms with Crippen molar-refractivity contribution in [1.29, 1.82) is 5.26 Å². The number of nitrogens with zero attached hydrogens (tertiary/aromatic N) is 4. The fourth-order valence-electron chi connectivity index (χ4n) is 3.31. The predicted molar refractivity (Wildman–Crippen MR) is 118 cm³/mol. The zero-order valence-corrected chi connectivity index (χ0v) is 18.4. The zero-order chi connectivity index (χ0) is 22.7. The van der Waals surface area contributed by atoms with E-state index in [1.807, 2.05) is 0 Å². The van der Waals surface area contributed by atoms with Crippen LogP contribution in [0.5, 0.6) is 5.75 Å². The fourth-order valence-corrected chi connectivity index (χ4v) is 3.31. The number of nitriles is 1. The van der Waals surface area contributed by atoms with Crippen LogP contribution in [0.15, 0.2) is 30.5 Å². The van der Waals surface area contributed by atoms with Crippen molar-refractivity contribution >= 4 is 24.2 Å². The van der Waals surface area contributed by atoms with Gasteiger partial charge in [0.1, 0.15) is 23.7 Å². The molecule has 0 saturated carbocycles. The van der Waals surface area contributed by atoms with E-state index in [0.717, 1.165) is 12.1 Å². The molecule has 0 bridgehead atoms. The molecular weight excluding hydrogens is 439 g/mol. The third kappa shape index (κ3) is 4.80. The monoisotopic (exact) mass is 460 g/mol. The van der Waals surface area contributed by atoms with Crippen LogP contribution in [0.4, 0.5) is 10.2 Å². The van der Waals surface area contributed by atoms with Gasteiger partial charge in [-0.15, -0.1) is 12.4 Å². The number of rotatable bonds is 7. The number of carboxylic acid groups (broad SMARTS) is 1. The van der Waals surface area contributed by atoms with Crippen molar-refractivity contribution in [2.45, 2.75) is 19.6 Å². The summed E-state index contributed by atoms with van der Waals surface area (Å²) < 4.78 is 21.1. The van der Waals surface area contributed by atoms with Crippen molar-refractivity contribution in [2.75, 3.05) is 12.8 Å². The molecule has 4 N–H and O–H groups in total. The van der Waals surface area contributed by atoms with Gasteiger partial charge in [0.2, 0.25) is 0 Å². The van der Waals surface area contributed by atoms with Crippen molar-refractivity contribution in [3.63, 3.8) is 0 Å². The third-order valence-electron chi connectivity index (χ3n) is 4.73. The average Bonchev–Trinajstić information content (AvgIpc) is 3.04. The Morgan fingerprint density at radius 1 is 1.44 bits per heavy atom. The van der Waals surface area contributed by atoms with Crippen molar-refractivity contribution in [2.24, 2.45) is 7.05 Å². The molecule has 32 heavy (non-hydrogen) atoms. The van der Waals surface area contributed by atoms with E-state index in [1.54, 1.807) is 27.1 Å². The first-order valence-corrected chi connectivity index (χ1v) is 9.32. The van der Waals surface area contributed by atoms with Crippen LogP contribution in [0.3, 0.4) is 0 Å². The number of carbonyl (C=O) groups is 1. The van der Waals surface area contributed by atoms with Crippen LogP contribution in [-0.4, -0.2) is 32.9 Å². The number of benzene rings is 1. The number of carboxylic acids is 1. The lowest BCUT2D eigenvalue weighted by atomic mass is 10.0. The molecule has 0 unspecified atom stereocenters. The Labute approximate surface area is 190 Å². The molecule has 2 heterocycles. The molecule has 3 rings (SSSR count). The molecule has 11 heteroatoms. The van der Waals surface area contributed by atoms with Crippen LogP contribution in [0.1, 0.15) is 40.3 Å². The second kappa shape index (κ2) is 10.1. The lowest BCUT2D eigenvalue weighted by molar-refractivity contribution is 0.0691. The maximum absolute atomic E-state index is 13.7. The van der Waals surface area contributed by atoms with Gasteiger partial charge in [0, 0.05) is 36.5 Å². The Bertz CT molecular complexity index is 1190. The quantitative estimate of drug-likeness (QED) is 0.488. The normalized spacial score (nSPS) is 11.3. The molecule has 0 radical (unpaired) electrons. The third-order valence-corrected chi connectivity index (χ3v) is 4.73. The van der Waals surface area contributed by atoms with Gasteiger partial charge in [-0.05, 0) is 38.2 Å². The molecule has 0 aliphatic carbocycles. The number of pyridine rings is 1. The maximum Gasteiger partial charge on any atom is 0.336 e. The van der Waals surface area contributed by atoms with Gasteiger partial charge in [0.05, 0.1) is 11.3 Å². The lowest BCUT2D eigenvalue weighted by Gasteiger charge is -2.18. The summed E-state index contributed by atoms with van der Waals surface area (Å²) in [5.74, 6) is -1.53. The molecule has 1 aromatic carbocycles. The molecule has 3 aromatic rings. The number of nitrogen functional groups attached to an aromatic ring is 1. The number of hydrogen-bond acceptors (Lipinski definition) is 7. The number of hydrogen-bond donors (Lipinski definition) is 3. The van der Waals surface area contributed by atoms with Gasteiger partial charge in [0.15, 0.2) is 11.6 Å². The van der Waals surface area contributed by atoms with Crippen molar-refractivity contribution in [3.05, 3.63) is 58.8 Å². The highest BCUT2D eigenvalue weighted by Gasteiger charge is 2.22. The summed E-state index contributed by atoms with van der Waals surface area (Å²) in [6.07, 6.45) is 0.677. The van der Waals surface area contributed by atoms with Gasteiger partial charge in [-0.2, -0.15) is 10.4 Å². The first-order valence-electron chi connectivity index (χ1n) is 9.32.